The SMILES string of the molecule is O=CC(=O)C(=O)C[n+]1c2c(n3cc(Br)ccc31)C(=O)c1ccccc1C2=O. The molecule has 0 saturated carbocycles. The van der Waals surface area contributed by atoms with Gasteiger partial charge in [-0.25, -0.2) is 4.57 Å². The molecule has 3 aromatic rings. The van der Waals surface area contributed by atoms with Crippen LogP contribution in [0.3, 0.4) is 0 Å². The first-order valence-corrected chi connectivity index (χ1v) is 8.67. The Balaban J connectivity index is 2.04. The molecule has 132 valence electrons. The van der Waals surface area contributed by atoms with Gasteiger partial charge in [0, 0.05) is 17.2 Å². The first kappa shape index (κ1) is 17.2. The smallest absolute Gasteiger partial charge is 0.287 e. The molecule has 0 saturated heterocycles. The van der Waals surface area contributed by atoms with E-state index in [9.17, 15) is 24.0 Å². The Labute approximate surface area is 160 Å². The summed E-state index contributed by atoms with van der Waals surface area (Å²) in [6.07, 6.45) is 1.54. The molecule has 1 aliphatic carbocycles. The number of aromatic nitrogens is 2. The lowest BCUT2D eigenvalue weighted by Crippen LogP contribution is -2.46. The van der Waals surface area contributed by atoms with Gasteiger partial charge in [-0.1, -0.05) is 24.3 Å². The normalized spacial score (nSPS) is 12.6. The fraction of sp³-hybridized carbons (Fsp3) is 0.0526. The van der Waals surface area contributed by atoms with E-state index < -0.39 is 23.9 Å². The van der Waals surface area contributed by atoms with Crippen molar-refractivity contribution in [3.05, 3.63) is 69.6 Å². The second-order valence-electron chi connectivity index (χ2n) is 5.97. The minimum absolute atomic E-state index is 0.0175. The Morgan fingerprint density at radius 3 is 2.37 bits per heavy atom. The van der Waals surface area contributed by atoms with E-state index in [1.807, 2.05) is 0 Å². The molecular formula is C19H10BrN2O5+. The van der Waals surface area contributed by atoms with Gasteiger partial charge in [-0.15, -0.1) is 0 Å². The molecular weight excluding hydrogens is 416 g/mol. The fourth-order valence-corrected chi connectivity index (χ4v) is 3.59. The largest absolute Gasteiger partial charge is 0.294 e. The Morgan fingerprint density at radius 2 is 1.70 bits per heavy atom. The van der Waals surface area contributed by atoms with E-state index in [4.69, 9.17) is 0 Å². The molecule has 0 atom stereocenters. The Hall–Kier alpha value is -3.26. The van der Waals surface area contributed by atoms with Crippen LogP contribution in [-0.2, 0) is 20.9 Å². The molecule has 0 unspecified atom stereocenters. The molecule has 0 N–H and O–H groups in total. The molecule has 0 bridgehead atoms. The average molecular weight is 426 g/mol. The lowest BCUT2D eigenvalue weighted by molar-refractivity contribution is -0.659. The number of rotatable bonds is 4. The van der Waals surface area contributed by atoms with Gasteiger partial charge in [-0.05, 0) is 22.0 Å². The van der Waals surface area contributed by atoms with Gasteiger partial charge in [0.2, 0.25) is 28.7 Å². The second kappa shape index (κ2) is 6.17. The average Bonchev–Trinajstić information content (AvgIpc) is 2.99. The quantitative estimate of drug-likeness (QED) is 0.211. The first-order valence-electron chi connectivity index (χ1n) is 7.88. The summed E-state index contributed by atoms with van der Waals surface area (Å²) in [4.78, 5) is 60.3. The summed E-state index contributed by atoms with van der Waals surface area (Å²) in [5.74, 6) is -2.94. The summed E-state index contributed by atoms with van der Waals surface area (Å²) >= 11 is 3.33. The highest BCUT2D eigenvalue weighted by Crippen LogP contribution is 2.27. The zero-order valence-electron chi connectivity index (χ0n) is 13.6. The highest BCUT2D eigenvalue weighted by Gasteiger charge is 2.42. The lowest BCUT2D eigenvalue weighted by Gasteiger charge is -2.11. The van der Waals surface area contributed by atoms with Crippen LogP contribution in [0.1, 0.15) is 32.1 Å². The van der Waals surface area contributed by atoms with Crippen molar-refractivity contribution in [1.82, 2.24) is 4.40 Å². The number of hydrogen-bond donors (Lipinski definition) is 0. The third-order valence-electron chi connectivity index (χ3n) is 4.43. The second-order valence-corrected chi connectivity index (χ2v) is 6.88. The van der Waals surface area contributed by atoms with Gasteiger partial charge >= 0.3 is 0 Å². The number of halogens is 1. The Kier molecular flexibility index (Phi) is 3.92. The summed E-state index contributed by atoms with van der Waals surface area (Å²) in [5.41, 5.74) is 1.01. The van der Waals surface area contributed by atoms with Gasteiger partial charge in [0.25, 0.3) is 11.4 Å². The molecule has 2 aromatic heterocycles. The van der Waals surface area contributed by atoms with E-state index in [2.05, 4.69) is 15.9 Å². The number of Topliss-reactive ketones (excluding diaryl/α,β-unsaturated/α-hetero) is 2. The molecule has 1 aliphatic rings. The number of imidazole rings is 1. The summed E-state index contributed by atoms with van der Waals surface area (Å²) in [6, 6.07) is 9.73. The van der Waals surface area contributed by atoms with Crippen LogP contribution < -0.4 is 4.57 Å². The number of hydrogen-bond acceptors (Lipinski definition) is 5. The number of carbonyl (C=O) groups is 5. The summed E-state index contributed by atoms with van der Waals surface area (Å²) in [5, 5.41) is 0. The van der Waals surface area contributed by atoms with Crippen LogP contribution in [0.25, 0.3) is 5.65 Å². The van der Waals surface area contributed by atoms with Crippen LogP contribution in [0.15, 0.2) is 47.1 Å². The number of fused-ring (bicyclic) bond motifs is 4. The van der Waals surface area contributed by atoms with Crippen LogP contribution in [0.5, 0.6) is 0 Å². The molecule has 0 fully saturated rings. The maximum atomic E-state index is 13.1. The minimum Gasteiger partial charge on any atom is -0.294 e. The van der Waals surface area contributed by atoms with Crippen molar-refractivity contribution in [2.24, 2.45) is 0 Å². The zero-order chi connectivity index (χ0) is 19.3. The van der Waals surface area contributed by atoms with Crippen LogP contribution in [0, 0.1) is 0 Å². The highest BCUT2D eigenvalue weighted by molar-refractivity contribution is 9.10. The van der Waals surface area contributed by atoms with Gasteiger partial charge in [-0.3, -0.25) is 24.0 Å². The van der Waals surface area contributed by atoms with Crippen molar-refractivity contribution in [1.29, 1.82) is 0 Å². The Morgan fingerprint density at radius 1 is 1.04 bits per heavy atom. The van der Waals surface area contributed by atoms with Gasteiger partial charge in [0.05, 0.1) is 4.47 Å². The number of nitrogens with zero attached hydrogens (tertiary/aromatic N) is 2. The standard InChI is InChI=1S/C19H10BrN2O5/c20-10-5-6-15-21(7-10)16-17(22(15)8-13(24)14(25)9-23)19(27)12-4-2-1-3-11(12)18(16)26/h1-7,9H,8H2/q+1. The third-order valence-corrected chi connectivity index (χ3v) is 4.90. The molecule has 7 nitrogen and oxygen atoms in total. The van der Waals surface area contributed by atoms with E-state index >= 15 is 0 Å². The van der Waals surface area contributed by atoms with Crippen molar-refractivity contribution in [2.75, 3.05) is 0 Å². The summed E-state index contributed by atoms with van der Waals surface area (Å²) in [7, 11) is 0. The number of pyridine rings is 1. The molecule has 0 radical (unpaired) electrons. The van der Waals surface area contributed by atoms with E-state index in [1.165, 1.54) is 8.97 Å². The summed E-state index contributed by atoms with van der Waals surface area (Å²) in [6.45, 7) is -0.515. The maximum absolute atomic E-state index is 13.1. The van der Waals surface area contributed by atoms with Crippen molar-refractivity contribution >= 4 is 51.0 Å². The molecule has 27 heavy (non-hydrogen) atoms. The monoisotopic (exact) mass is 425 g/mol. The van der Waals surface area contributed by atoms with Crippen molar-refractivity contribution in [2.45, 2.75) is 6.54 Å². The van der Waals surface area contributed by atoms with Crippen LogP contribution >= 0.6 is 15.9 Å². The van der Waals surface area contributed by atoms with E-state index in [0.29, 0.717) is 10.1 Å². The zero-order valence-corrected chi connectivity index (χ0v) is 15.2. The predicted molar refractivity (Wildman–Crippen MR) is 94.7 cm³/mol. The number of ketones is 4. The van der Waals surface area contributed by atoms with E-state index in [0.717, 1.165) is 0 Å². The number of carbonyl (C=O) groups excluding carboxylic acids is 5. The van der Waals surface area contributed by atoms with Crippen LogP contribution in [-0.4, -0.2) is 33.8 Å². The van der Waals surface area contributed by atoms with E-state index in [-0.39, 0.29) is 34.6 Å². The topological polar surface area (TPSA) is 93.6 Å². The summed E-state index contributed by atoms with van der Waals surface area (Å²) < 4.78 is 3.48. The van der Waals surface area contributed by atoms with E-state index in [1.54, 1.807) is 42.6 Å². The molecule has 4 rings (SSSR count). The van der Waals surface area contributed by atoms with Crippen molar-refractivity contribution in [3.63, 3.8) is 0 Å². The van der Waals surface area contributed by atoms with Crippen LogP contribution in [0.4, 0.5) is 0 Å². The van der Waals surface area contributed by atoms with Gasteiger partial charge < -0.3 is 0 Å². The molecule has 0 spiro atoms. The van der Waals surface area contributed by atoms with Crippen LogP contribution in [0.2, 0.25) is 0 Å². The first-order chi connectivity index (χ1) is 12.9. The van der Waals surface area contributed by atoms with Crippen molar-refractivity contribution in [3.8, 4) is 0 Å². The predicted octanol–water partition coefficient (Wildman–Crippen LogP) is 1.10. The minimum atomic E-state index is -1.19. The molecule has 8 heteroatoms. The number of benzene rings is 1. The third kappa shape index (κ3) is 2.48. The van der Waals surface area contributed by atoms with Gasteiger partial charge in [0.15, 0.2) is 12.8 Å². The molecule has 0 amide bonds. The lowest BCUT2D eigenvalue weighted by atomic mass is 9.90. The highest BCUT2D eigenvalue weighted by atomic mass is 79.9. The van der Waals surface area contributed by atoms with Gasteiger partial charge in [-0.2, -0.15) is 4.40 Å². The number of aldehydes is 1. The Bertz CT molecular complexity index is 1210. The maximum Gasteiger partial charge on any atom is 0.287 e. The molecule has 0 aliphatic heterocycles. The molecule has 2 heterocycles. The molecule has 1 aromatic carbocycles. The van der Waals surface area contributed by atoms with Gasteiger partial charge in [0.1, 0.15) is 6.20 Å². The fourth-order valence-electron chi connectivity index (χ4n) is 3.25. The van der Waals surface area contributed by atoms with Crippen molar-refractivity contribution < 1.29 is 28.5 Å².